The molecule has 0 spiro atoms. The van der Waals surface area contributed by atoms with Crippen LogP contribution >= 0.6 is 0 Å². The molecule has 1 aromatic carbocycles. The van der Waals surface area contributed by atoms with Gasteiger partial charge in [0, 0.05) is 19.1 Å². The first-order chi connectivity index (χ1) is 12.6. The fourth-order valence-electron chi connectivity index (χ4n) is 3.44. The van der Waals surface area contributed by atoms with E-state index in [1.165, 1.54) is 0 Å². The molecule has 0 saturated heterocycles. The maximum atomic E-state index is 11.2. The van der Waals surface area contributed by atoms with E-state index in [-0.39, 0.29) is 18.2 Å². The summed E-state index contributed by atoms with van der Waals surface area (Å²) in [5, 5.41) is 11.8. The Kier molecular flexibility index (Phi) is 7.69. The second kappa shape index (κ2) is 9.99. The summed E-state index contributed by atoms with van der Waals surface area (Å²) in [6.45, 7) is 9.44. The van der Waals surface area contributed by atoms with Crippen molar-refractivity contribution in [1.82, 2.24) is 10.2 Å². The number of benzene rings is 1. The summed E-state index contributed by atoms with van der Waals surface area (Å²) >= 11 is 0. The molecule has 1 fully saturated rings. The number of methoxy groups -OCH3 is 1. The molecule has 3 atom stereocenters. The molecule has 142 valence electrons. The molecule has 6 heteroatoms. The summed E-state index contributed by atoms with van der Waals surface area (Å²) in [5.74, 6) is 0.810. The molecule has 1 saturated carbocycles. The number of hydrogen-bond acceptors (Lipinski definition) is 4. The Morgan fingerprint density at radius 2 is 1.92 bits per heavy atom. The topological polar surface area (TPSA) is 71.0 Å². The third kappa shape index (κ3) is 5.61. The molecule has 0 bridgehead atoms. The minimum atomic E-state index is -1.01. The molecular weight excluding hydrogens is 332 g/mol. The maximum absolute atomic E-state index is 11.2. The largest absolute Gasteiger partial charge is 0.497 e. The summed E-state index contributed by atoms with van der Waals surface area (Å²) in [5.41, 5.74) is 1.06. The lowest BCUT2D eigenvalue weighted by Gasteiger charge is -2.31. The van der Waals surface area contributed by atoms with Crippen LogP contribution in [-0.2, 0) is 11.3 Å². The monoisotopic (exact) mass is 360 g/mol. The van der Waals surface area contributed by atoms with Gasteiger partial charge in [0.1, 0.15) is 5.75 Å². The van der Waals surface area contributed by atoms with Gasteiger partial charge in [-0.05, 0) is 30.5 Å². The molecule has 0 aliphatic heterocycles. The minimum Gasteiger partial charge on any atom is -0.497 e. The molecule has 6 nitrogen and oxygen atoms in total. The van der Waals surface area contributed by atoms with Gasteiger partial charge in [0.05, 0.1) is 25.9 Å². The standard InChI is InChI=1S/C20H28N2O4/c1-4-10-22(11-5-2)19-13-17(12-18(19)21-20(23)24)26-14-15-6-8-16(25-3)9-7-15/h4-9,17-19,21H,1-2,10-14H2,3H3,(H,23,24). The molecular formula is C20H28N2O4. The van der Waals surface area contributed by atoms with Gasteiger partial charge >= 0.3 is 6.09 Å². The highest BCUT2D eigenvalue weighted by Crippen LogP contribution is 2.28. The van der Waals surface area contributed by atoms with Crippen molar-refractivity contribution in [3.8, 4) is 5.75 Å². The first-order valence-electron chi connectivity index (χ1n) is 8.77. The number of nitrogens with one attached hydrogen (secondary N) is 1. The van der Waals surface area contributed by atoms with Gasteiger partial charge in [0.25, 0.3) is 0 Å². The zero-order valence-corrected chi connectivity index (χ0v) is 15.3. The van der Waals surface area contributed by atoms with E-state index in [1.54, 1.807) is 7.11 Å². The van der Waals surface area contributed by atoms with Crippen molar-refractivity contribution < 1.29 is 19.4 Å². The summed E-state index contributed by atoms with van der Waals surface area (Å²) < 4.78 is 11.2. The Hall–Kier alpha value is -2.31. The highest BCUT2D eigenvalue weighted by molar-refractivity contribution is 5.65. The number of carbonyl (C=O) groups is 1. The Labute approximate surface area is 155 Å². The second-order valence-electron chi connectivity index (χ2n) is 6.41. The van der Waals surface area contributed by atoms with Crippen LogP contribution in [0.1, 0.15) is 18.4 Å². The van der Waals surface area contributed by atoms with E-state index < -0.39 is 6.09 Å². The van der Waals surface area contributed by atoms with E-state index >= 15 is 0 Å². The molecule has 0 aromatic heterocycles. The first kappa shape index (κ1) is 20.0. The Balaban J connectivity index is 1.99. The fraction of sp³-hybridized carbons (Fsp3) is 0.450. The van der Waals surface area contributed by atoms with Gasteiger partial charge in [0.15, 0.2) is 0 Å². The summed E-state index contributed by atoms with van der Waals surface area (Å²) in [6.07, 6.45) is 4.06. The summed E-state index contributed by atoms with van der Waals surface area (Å²) in [6, 6.07) is 7.64. The Bertz CT molecular complexity index is 592. The van der Waals surface area contributed by atoms with Crippen LogP contribution in [0.5, 0.6) is 5.75 Å². The Morgan fingerprint density at radius 3 is 2.46 bits per heavy atom. The van der Waals surface area contributed by atoms with Crippen molar-refractivity contribution >= 4 is 6.09 Å². The summed E-state index contributed by atoms with van der Waals surface area (Å²) in [7, 11) is 1.64. The molecule has 1 amide bonds. The van der Waals surface area contributed by atoms with E-state index in [9.17, 15) is 4.79 Å². The summed E-state index contributed by atoms with van der Waals surface area (Å²) in [4.78, 5) is 13.3. The minimum absolute atomic E-state index is 0.00363. The number of amides is 1. The van der Waals surface area contributed by atoms with Crippen LogP contribution in [0.25, 0.3) is 0 Å². The SMILES string of the molecule is C=CCN(CC=C)C1CC(OCc2ccc(OC)cc2)CC1NC(=O)O. The average molecular weight is 360 g/mol. The van der Waals surface area contributed by atoms with E-state index in [0.29, 0.717) is 26.1 Å². The zero-order chi connectivity index (χ0) is 18.9. The average Bonchev–Trinajstić information content (AvgIpc) is 3.02. The molecule has 2 N–H and O–H groups in total. The van der Waals surface area contributed by atoms with Crippen molar-refractivity contribution in [3.63, 3.8) is 0 Å². The molecule has 1 aliphatic rings. The highest BCUT2D eigenvalue weighted by Gasteiger charge is 2.38. The number of carboxylic acid groups (broad SMARTS) is 1. The number of nitrogens with zero attached hydrogens (tertiary/aromatic N) is 1. The normalized spacial score (nSPS) is 22.2. The second-order valence-corrected chi connectivity index (χ2v) is 6.41. The van der Waals surface area contributed by atoms with Crippen LogP contribution in [0.2, 0.25) is 0 Å². The van der Waals surface area contributed by atoms with Crippen molar-refractivity contribution in [2.45, 2.75) is 37.6 Å². The van der Waals surface area contributed by atoms with Gasteiger partial charge in [-0.3, -0.25) is 4.90 Å². The van der Waals surface area contributed by atoms with Gasteiger partial charge in [-0.1, -0.05) is 24.3 Å². The lowest BCUT2D eigenvalue weighted by Crippen LogP contribution is -2.48. The van der Waals surface area contributed by atoms with Crippen LogP contribution in [-0.4, -0.2) is 54.5 Å². The maximum Gasteiger partial charge on any atom is 0.404 e. The highest BCUT2D eigenvalue weighted by atomic mass is 16.5. The predicted octanol–water partition coefficient (Wildman–Crippen LogP) is 3.05. The van der Waals surface area contributed by atoms with Crippen LogP contribution in [0.4, 0.5) is 4.79 Å². The number of ether oxygens (including phenoxy) is 2. The quantitative estimate of drug-likeness (QED) is 0.628. The van der Waals surface area contributed by atoms with Gasteiger partial charge in [0.2, 0.25) is 0 Å². The van der Waals surface area contributed by atoms with E-state index in [0.717, 1.165) is 17.7 Å². The van der Waals surface area contributed by atoms with Crippen molar-refractivity contribution in [2.24, 2.45) is 0 Å². The zero-order valence-electron chi connectivity index (χ0n) is 15.3. The van der Waals surface area contributed by atoms with Crippen molar-refractivity contribution in [1.29, 1.82) is 0 Å². The first-order valence-corrected chi connectivity index (χ1v) is 8.77. The number of hydrogen-bond donors (Lipinski definition) is 2. The lowest BCUT2D eigenvalue weighted by atomic mass is 10.1. The van der Waals surface area contributed by atoms with Crippen LogP contribution < -0.4 is 10.1 Å². The smallest absolute Gasteiger partial charge is 0.404 e. The third-order valence-electron chi connectivity index (χ3n) is 4.64. The fourth-order valence-corrected chi connectivity index (χ4v) is 3.44. The van der Waals surface area contributed by atoms with E-state index in [2.05, 4.69) is 23.4 Å². The van der Waals surface area contributed by atoms with Gasteiger partial charge in [-0.2, -0.15) is 0 Å². The van der Waals surface area contributed by atoms with Crippen LogP contribution in [0, 0.1) is 0 Å². The van der Waals surface area contributed by atoms with Gasteiger partial charge in [-0.15, -0.1) is 13.2 Å². The molecule has 0 heterocycles. The molecule has 1 aromatic rings. The van der Waals surface area contributed by atoms with E-state index in [1.807, 2.05) is 36.4 Å². The molecule has 26 heavy (non-hydrogen) atoms. The van der Waals surface area contributed by atoms with Crippen LogP contribution in [0.15, 0.2) is 49.6 Å². The molecule has 3 unspecified atom stereocenters. The van der Waals surface area contributed by atoms with Crippen molar-refractivity contribution in [2.75, 3.05) is 20.2 Å². The molecule has 2 rings (SSSR count). The predicted molar refractivity (Wildman–Crippen MR) is 102 cm³/mol. The lowest BCUT2D eigenvalue weighted by molar-refractivity contribution is 0.0399. The molecule has 0 radical (unpaired) electrons. The van der Waals surface area contributed by atoms with Crippen molar-refractivity contribution in [3.05, 3.63) is 55.1 Å². The van der Waals surface area contributed by atoms with Gasteiger partial charge < -0.3 is 19.9 Å². The Morgan fingerprint density at radius 1 is 1.27 bits per heavy atom. The van der Waals surface area contributed by atoms with Crippen LogP contribution in [0.3, 0.4) is 0 Å². The third-order valence-corrected chi connectivity index (χ3v) is 4.64. The van der Waals surface area contributed by atoms with Gasteiger partial charge in [-0.25, -0.2) is 4.79 Å². The number of rotatable bonds is 10. The van der Waals surface area contributed by atoms with E-state index in [4.69, 9.17) is 14.6 Å². The molecule has 1 aliphatic carbocycles.